The maximum Gasteiger partial charge on any atom is 0.273 e. The minimum atomic E-state index is -0.320. The molecule has 132 valence electrons. The van der Waals surface area contributed by atoms with Gasteiger partial charge in [-0.2, -0.15) is 0 Å². The maximum atomic E-state index is 14.0. The van der Waals surface area contributed by atoms with E-state index in [-0.39, 0.29) is 17.8 Å². The molecule has 0 saturated carbocycles. The minimum absolute atomic E-state index is 0.0769. The summed E-state index contributed by atoms with van der Waals surface area (Å²) < 4.78 is 14.0. The number of halogens is 1. The Bertz CT molecular complexity index is 935. The highest BCUT2D eigenvalue weighted by atomic mass is 32.1. The number of amides is 1. The fourth-order valence-corrected chi connectivity index (χ4v) is 4.24. The van der Waals surface area contributed by atoms with Gasteiger partial charge in [0, 0.05) is 17.5 Å². The molecule has 0 aliphatic carbocycles. The monoisotopic (exact) mass is 366 g/mol. The SMILES string of the molecule is Cc1ccc(C2CCCN2C(=O)c2csc(-c3ccccc3F)n2)cc1. The summed E-state index contributed by atoms with van der Waals surface area (Å²) in [7, 11) is 0. The van der Waals surface area contributed by atoms with Gasteiger partial charge in [-0.1, -0.05) is 42.0 Å². The van der Waals surface area contributed by atoms with Crippen LogP contribution in [0.2, 0.25) is 0 Å². The number of carbonyl (C=O) groups excluding carboxylic acids is 1. The van der Waals surface area contributed by atoms with Crippen molar-refractivity contribution in [2.75, 3.05) is 6.54 Å². The molecule has 1 aliphatic rings. The van der Waals surface area contributed by atoms with Crippen molar-refractivity contribution in [1.29, 1.82) is 0 Å². The standard InChI is InChI=1S/C21H19FN2OS/c1-14-8-10-15(11-9-14)19-7-4-12-24(19)21(25)18-13-26-20(23-18)16-5-2-3-6-17(16)22/h2-3,5-6,8-11,13,19H,4,7,12H2,1H3. The van der Waals surface area contributed by atoms with Crippen molar-refractivity contribution in [3.05, 3.63) is 76.5 Å². The van der Waals surface area contributed by atoms with Crippen molar-refractivity contribution >= 4 is 17.2 Å². The quantitative estimate of drug-likeness (QED) is 0.635. The van der Waals surface area contributed by atoms with Crippen LogP contribution in [0.15, 0.2) is 53.9 Å². The predicted octanol–water partition coefficient (Wildman–Crippen LogP) is 5.23. The van der Waals surface area contributed by atoms with Gasteiger partial charge in [0.1, 0.15) is 16.5 Å². The lowest BCUT2D eigenvalue weighted by Crippen LogP contribution is -2.30. The number of thiazole rings is 1. The molecule has 1 atom stereocenters. The first-order valence-electron chi connectivity index (χ1n) is 8.71. The number of likely N-dealkylation sites (tertiary alicyclic amines) is 1. The van der Waals surface area contributed by atoms with E-state index >= 15 is 0 Å². The number of aryl methyl sites for hydroxylation is 1. The summed E-state index contributed by atoms with van der Waals surface area (Å²) in [6.45, 7) is 2.78. The van der Waals surface area contributed by atoms with Crippen molar-refractivity contribution in [2.24, 2.45) is 0 Å². The molecule has 26 heavy (non-hydrogen) atoms. The molecular formula is C21H19FN2OS. The van der Waals surface area contributed by atoms with Crippen LogP contribution in [-0.2, 0) is 0 Å². The first kappa shape index (κ1) is 16.9. The molecule has 1 unspecified atom stereocenters. The maximum absolute atomic E-state index is 14.0. The molecule has 0 bridgehead atoms. The topological polar surface area (TPSA) is 33.2 Å². The molecule has 1 saturated heterocycles. The van der Waals surface area contributed by atoms with E-state index in [1.165, 1.54) is 23.0 Å². The molecule has 3 nitrogen and oxygen atoms in total. The lowest BCUT2D eigenvalue weighted by molar-refractivity contribution is 0.0730. The zero-order chi connectivity index (χ0) is 18.1. The Balaban J connectivity index is 1.59. The van der Waals surface area contributed by atoms with E-state index in [2.05, 4.69) is 36.2 Å². The Labute approximate surface area is 156 Å². The third kappa shape index (κ3) is 3.15. The highest BCUT2D eigenvalue weighted by Crippen LogP contribution is 2.34. The molecule has 2 aromatic carbocycles. The summed E-state index contributed by atoms with van der Waals surface area (Å²) in [5, 5.41) is 2.27. The van der Waals surface area contributed by atoms with Crippen LogP contribution in [-0.4, -0.2) is 22.3 Å². The van der Waals surface area contributed by atoms with E-state index in [1.807, 2.05) is 4.90 Å². The van der Waals surface area contributed by atoms with Crippen molar-refractivity contribution in [3.63, 3.8) is 0 Å². The predicted molar refractivity (Wildman–Crippen MR) is 102 cm³/mol. The Kier molecular flexibility index (Phi) is 4.55. The van der Waals surface area contributed by atoms with Gasteiger partial charge >= 0.3 is 0 Å². The van der Waals surface area contributed by atoms with E-state index in [0.29, 0.717) is 16.3 Å². The van der Waals surface area contributed by atoms with Crippen molar-refractivity contribution in [1.82, 2.24) is 9.88 Å². The fourth-order valence-electron chi connectivity index (χ4n) is 3.42. The van der Waals surface area contributed by atoms with Crippen LogP contribution in [0.4, 0.5) is 4.39 Å². The second-order valence-corrected chi connectivity index (χ2v) is 7.44. The second kappa shape index (κ2) is 7.00. The van der Waals surface area contributed by atoms with E-state index in [9.17, 15) is 9.18 Å². The molecule has 3 aromatic rings. The van der Waals surface area contributed by atoms with Gasteiger partial charge in [0.25, 0.3) is 5.91 Å². The van der Waals surface area contributed by atoms with Crippen LogP contribution in [0.1, 0.15) is 40.5 Å². The Hall–Kier alpha value is -2.53. The van der Waals surface area contributed by atoms with E-state index in [1.54, 1.807) is 23.6 Å². The van der Waals surface area contributed by atoms with Gasteiger partial charge in [-0.05, 0) is 37.5 Å². The molecule has 4 rings (SSSR count). The lowest BCUT2D eigenvalue weighted by Gasteiger charge is -2.24. The van der Waals surface area contributed by atoms with Gasteiger partial charge in [0.15, 0.2) is 0 Å². The van der Waals surface area contributed by atoms with Gasteiger partial charge in [-0.15, -0.1) is 11.3 Å². The molecule has 2 heterocycles. The van der Waals surface area contributed by atoms with Gasteiger partial charge < -0.3 is 4.90 Å². The van der Waals surface area contributed by atoms with Crippen LogP contribution in [0.5, 0.6) is 0 Å². The molecule has 1 aliphatic heterocycles. The Morgan fingerprint density at radius 3 is 2.73 bits per heavy atom. The molecule has 5 heteroatoms. The summed E-state index contributed by atoms with van der Waals surface area (Å²) >= 11 is 1.30. The Morgan fingerprint density at radius 2 is 1.96 bits per heavy atom. The number of benzene rings is 2. The summed E-state index contributed by atoms with van der Waals surface area (Å²) in [4.78, 5) is 19.3. The van der Waals surface area contributed by atoms with E-state index < -0.39 is 0 Å². The normalized spacial score (nSPS) is 16.8. The van der Waals surface area contributed by atoms with Gasteiger partial charge in [-0.25, -0.2) is 9.37 Å². The van der Waals surface area contributed by atoms with Gasteiger partial charge in [0.2, 0.25) is 0 Å². The summed E-state index contributed by atoms with van der Waals surface area (Å²) in [5.41, 5.74) is 3.20. The summed E-state index contributed by atoms with van der Waals surface area (Å²) in [6.07, 6.45) is 1.94. The molecule has 0 N–H and O–H groups in total. The van der Waals surface area contributed by atoms with Crippen LogP contribution in [0, 0.1) is 12.7 Å². The number of aromatic nitrogens is 1. The van der Waals surface area contributed by atoms with Crippen LogP contribution in [0.25, 0.3) is 10.6 Å². The average Bonchev–Trinajstić information content (AvgIpc) is 3.32. The Morgan fingerprint density at radius 1 is 1.19 bits per heavy atom. The molecular weight excluding hydrogens is 347 g/mol. The number of nitrogens with zero attached hydrogens (tertiary/aromatic N) is 2. The average molecular weight is 366 g/mol. The smallest absolute Gasteiger partial charge is 0.273 e. The minimum Gasteiger partial charge on any atom is -0.330 e. The first-order chi connectivity index (χ1) is 12.6. The molecule has 0 radical (unpaired) electrons. The molecule has 1 fully saturated rings. The largest absolute Gasteiger partial charge is 0.330 e. The van der Waals surface area contributed by atoms with Crippen molar-refractivity contribution in [3.8, 4) is 10.6 Å². The third-order valence-electron chi connectivity index (χ3n) is 4.80. The number of hydrogen-bond donors (Lipinski definition) is 0. The highest BCUT2D eigenvalue weighted by Gasteiger charge is 2.31. The van der Waals surface area contributed by atoms with Crippen molar-refractivity contribution in [2.45, 2.75) is 25.8 Å². The molecule has 1 aromatic heterocycles. The van der Waals surface area contributed by atoms with Gasteiger partial charge in [-0.3, -0.25) is 4.79 Å². The van der Waals surface area contributed by atoms with Crippen molar-refractivity contribution < 1.29 is 9.18 Å². The molecule has 1 amide bonds. The second-order valence-electron chi connectivity index (χ2n) is 6.59. The number of carbonyl (C=O) groups is 1. The first-order valence-corrected chi connectivity index (χ1v) is 9.59. The number of rotatable bonds is 3. The summed E-state index contributed by atoms with van der Waals surface area (Å²) in [5.74, 6) is -0.397. The summed E-state index contributed by atoms with van der Waals surface area (Å²) in [6, 6.07) is 14.9. The van der Waals surface area contributed by atoms with E-state index in [4.69, 9.17) is 0 Å². The van der Waals surface area contributed by atoms with Crippen LogP contribution >= 0.6 is 11.3 Å². The lowest BCUT2D eigenvalue weighted by atomic mass is 10.0. The number of hydrogen-bond acceptors (Lipinski definition) is 3. The van der Waals surface area contributed by atoms with E-state index in [0.717, 1.165) is 24.9 Å². The fraction of sp³-hybridized carbons (Fsp3) is 0.238. The van der Waals surface area contributed by atoms with Crippen LogP contribution < -0.4 is 0 Å². The highest BCUT2D eigenvalue weighted by molar-refractivity contribution is 7.13. The third-order valence-corrected chi connectivity index (χ3v) is 5.68. The zero-order valence-corrected chi connectivity index (χ0v) is 15.3. The van der Waals surface area contributed by atoms with Crippen LogP contribution in [0.3, 0.4) is 0 Å². The van der Waals surface area contributed by atoms with Gasteiger partial charge in [0.05, 0.1) is 6.04 Å². The molecule has 0 spiro atoms. The zero-order valence-electron chi connectivity index (χ0n) is 14.5.